The molecule has 0 saturated carbocycles. The number of hydrogen-bond donors (Lipinski definition) is 1. The number of benzene rings is 4. The molecular weight excluding hydrogens is 1040 g/mol. The summed E-state index contributed by atoms with van der Waals surface area (Å²) >= 11 is 1.78. The van der Waals surface area contributed by atoms with Crippen molar-refractivity contribution in [1.82, 2.24) is 45.0 Å². The second-order valence-electron chi connectivity index (χ2n) is 24.5. The van der Waals surface area contributed by atoms with Crippen molar-refractivity contribution in [2.45, 2.75) is 126 Å². The number of aliphatic imine (C=N–C) groups is 4. The van der Waals surface area contributed by atoms with Gasteiger partial charge in [-0.2, -0.15) is 11.3 Å². The molecule has 83 heavy (non-hydrogen) atoms. The van der Waals surface area contributed by atoms with E-state index in [1.54, 1.807) is 35.9 Å². The average Bonchev–Trinajstić information content (AvgIpc) is 4.51. The Hall–Kier alpha value is -8.10. The molecule has 8 heterocycles. The fourth-order valence-electron chi connectivity index (χ4n) is 14.7. The second kappa shape index (κ2) is 22.9. The molecule has 4 aliphatic heterocycles. The van der Waals surface area contributed by atoms with E-state index in [2.05, 4.69) is 168 Å². The molecule has 0 fully saturated rings. The van der Waals surface area contributed by atoms with Crippen LogP contribution in [0.5, 0.6) is 0 Å². The van der Waals surface area contributed by atoms with E-state index in [1.807, 2.05) is 49.9 Å². The van der Waals surface area contributed by atoms with Gasteiger partial charge in [-0.3, -0.25) is 20.0 Å². The molecule has 1 N–H and O–H groups in total. The van der Waals surface area contributed by atoms with Crippen LogP contribution in [0.15, 0.2) is 166 Å². The lowest BCUT2D eigenvalue weighted by Crippen LogP contribution is -2.49. The Balaban J connectivity index is 0.000000104. The van der Waals surface area contributed by atoms with Crippen molar-refractivity contribution in [2.24, 2.45) is 20.0 Å². The minimum Gasteiger partial charge on any atom is -0.366 e. The predicted molar refractivity (Wildman–Crippen MR) is 337 cm³/mol. The van der Waals surface area contributed by atoms with Crippen molar-refractivity contribution in [3.05, 3.63) is 190 Å². The van der Waals surface area contributed by atoms with E-state index in [4.69, 9.17) is 15.0 Å². The molecule has 420 valence electrons. The standard InChI is InChI=1S/C18H19NS.3C17H18N4/c1-13-5-8-18(19-13)9-6-17-14(11-18)3-2-4-16(17)15-7-10-20-12-15;2*1-21-10-17(20-12-21)6-5-16-13(7-17)3-2-4-15(16)14-8-18-11-19-9-14;1-12-20-10-17(21-12)6-5-16-13(7-17)3-2-4-15(16)14-8-18-11-19-9-14/h2-4,7,10,12H,5-6,8-9,11H2,1H3;2*2-4,8-9,11-12H,5-7,10H2,1H3;2-4,8-9,11H,5-7,10H2,1H3,(H,20,21)/t18-;3*17-/m0100/s1. The van der Waals surface area contributed by atoms with Gasteiger partial charge in [-0.1, -0.05) is 72.8 Å². The van der Waals surface area contributed by atoms with Gasteiger partial charge in [-0.25, -0.2) is 29.9 Å². The number of rotatable bonds is 4. The molecule has 0 unspecified atom stereocenters. The van der Waals surface area contributed by atoms with Crippen LogP contribution in [0.1, 0.15) is 96.9 Å². The van der Waals surface area contributed by atoms with E-state index >= 15 is 0 Å². The lowest BCUT2D eigenvalue weighted by Gasteiger charge is -2.35. The first kappa shape index (κ1) is 54.2. The number of fused-ring (bicyclic) bond motifs is 4. The molecular formula is C69H73N13S. The molecule has 13 nitrogen and oxygen atoms in total. The third-order valence-corrected chi connectivity index (χ3v) is 19.3. The van der Waals surface area contributed by atoms with Gasteiger partial charge < -0.3 is 15.1 Å². The number of thiophene rings is 1. The molecule has 4 aliphatic carbocycles. The maximum atomic E-state index is 4.99. The summed E-state index contributed by atoms with van der Waals surface area (Å²) in [5.74, 6) is 1.08. The van der Waals surface area contributed by atoms with Gasteiger partial charge in [0.15, 0.2) is 0 Å². The summed E-state index contributed by atoms with van der Waals surface area (Å²) in [7, 11) is 4.21. The lowest BCUT2D eigenvalue weighted by atomic mass is 9.75. The zero-order valence-electron chi connectivity index (χ0n) is 48.3. The third-order valence-electron chi connectivity index (χ3n) is 18.6. The molecule has 4 spiro atoms. The fourth-order valence-corrected chi connectivity index (χ4v) is 15.3. The predicted octanol–water partition coefficient (Wildman–Crippen LogP) is 12.0. The zero-order chi connectivity index (χ0) is 56.4. The molecule has 8 aromatic rings. The number of amidine groups is 1. The van der Waals surface area contributed by atoms with E-state index in [1.165, 1.54) is 98.2 Å². The average molecular weight is 1120 g/mol. The second-order valence-corrected chi connectivity index (χ2v) is 25.3. The zero-order valence-corrected chi connectivity index (χ0v) is 49.1. The Kier molecular flexibility index (Phi) is 15.0. The van der Waals surface area contributed by atoms with Gasteiger partial charge in [-0.05, 0) is 193 Å². The molecule has 14 heteroatoms. The number of likely N-dealkylation sites (N-methyl/N-ethyl adjacent to an activating group) is 2. The summed E-state index contributed by atoms with van der Waals surface area (Å²) < 4.78 is 0. The van der Waals surface area contributed by atoms with E-state index < -0.39 is 0 Å². The third kappa shape index (κ3) is 11.4. The Morgan fingerprint density at radius 3 is 1.25 bits per heavy atom. The van der Waals surface area contributed by atoms with Crippen molar-refractivity contribution < 1.29 is 0 Å². The summed E-state index contributed by atoms with van der Waals surface area (Å²) in [6.07, 6.45) is 35.8. The van der Waals surface area contributed by atoms with Crippen molar-refractivity contribution in [1.29, 1.82) is 0 Å². The Bertz CT molecular complexity index is 3630. The summed E-state index contributed by atoms with van der Waals surface area (Å²) in [4.78, 5) is 48.4. The first-order valence-electron chi connectivity index (χ1n) is 29.6. The summed E-state index contributed by atoms with van der Waals surface area (Å²) in [5.41, 5.74) is 23.6. The van der Waals surface area contributed by atoms with Crippen LogP contribution >= 0.6 is 11.3 Å². The van der Waals surface area contributed by atoms with E-state index in [0.29, 0.717) is 0 Å². The molecule has 4 atom stereocenters. The van der Waals surface area contributed by atoms with E-state index in [0.717, 1.165) is 106 Å². The summed E-state index contributed by atoms with van der Waals surface area (Å²) in [5, 5.41) is 8.03. The van der Waals surface area contributed by atoms with E-state index in [9.17, 15) is 0 Å². The van der Waals surface area contributed by atoms with Gasteiger partial charge in [-0.15, -0.1) is 0 Å². The molecule has 0 bridgehead atoms. The molecule has 0 saturated heterocycles. The molecule has 4 aromatic heterocycles. The van der Waals surface area contributed by atoms with Crippen molar-refractivity contribution in [2.75, 3.05) is 33.7 Å². The highest BCUT2D eigenvalue weighted by Gasteiger charge is 2.41. The van der Waals surface area contributed by atoms with Crippen LogP contribution in [-0.2, 0) is 51.4 Å². The van der Waals surface area contributed by atoms with Gasteiger partial charge in [0.05, 0.1) is 47.2 Å². The topological polar surface area (TPSA) is 145 Å². The number of aromatic nitrogens is 6. The van der Waals surface area contributed by atoms with Gasteiger partial charge in [0.1, 0.15) is 19.0 Å². The highest BCUT2D eigenvalue weighted by atomic mass is 32.1. The fraction of sp³-hybridized carbons (Fsp3) is 0.362. The molecule has 0 amide bonds. The molecule has 8 aliphatic rings. The van der Waals surface area contributed by atoms with Crippen LogP contribution in [0, 0.1) is 0 Å². The van der Waals surface area contributed by atoms with Crippen LogP contribution in [-0.4, -0.2) is 120 Å². The number of hydrogen-bond acceptors (Lipinski definition) is 14. The SMILES string of the molecule is CC1=NC[C@@]2(CCc3c(cccc3-c3cncnc3)C2)N1.CC1=N[C@@]2(CC1)CCc1c(cccc1-c1ccsc1)C2.CN1C=N[C@@]2(CCc3c(cccc3-c3cncnc3)C2)C1.CN1C=N[C@]2(CCc3c(cccc3-c3cncnc3)C2)C1. The Labute approximate surface area is 492 Å². The van der Waals surface area contributed by atoms with Gasteiger partial charge in [0, 0.05) is 86.8 Å². The summed E-state index contributed by atoms with van der Waals surface area (Å²) in [6, 6.07) is 28.8. The smallest absolute Gasteiger partial charge is 0.115 e. The first-order chi connectivity index (χ1) is 40.5. The van der Waals surface area contributed by atoms with Crippen LogP contribution in [0.3, 0.4) is 0 Å². The quantitative estimate of drug-likeness (QED) is 0.182. The molecule has 0 radical (unpaired) electrons. The Morgan fingerprint density at radius 1 is 0.458 bits per heavy atom. The minimum absolute atomic E-state index is 0.0908. The van der Waals surface area contributed by atoms with E-state index in [-0.39, 0.29) is 22.2 Å². The van der Waals surface area contributed by atoms with Gasteiger partial charge >= 0.3 is 0 Å². The lowest BCUT2D eigenvalue weighted by molar-refractivity contribution is 0.336. The van der Waals surface area contributed by atoms with Crippen LogP contribution in [0.2, 0.25) is 0 Å². The van der Waals surface area contributed by atoms with Crippen molar-refractivity contribution in [3.63, 3.8) is 0 Å². The van der Waals surface area contributed by atoms with Crippen molar-refractivity contribution >= 4 is 35.6 Å². The van der Waals surface area contributed by atoms with Crippen LogP contribution in [0.4, 0.5) is 0 Å². The van der Waals surface area contributed by atoms with Gasteiger partial charge in [0.2, 0.25) is 0 Å². The first-order valence-corrected chi connectivity index (χ1v) is 30.5. The molecule has 16 rings (SSSR count). The van der Waals surface area contributed by atoms with Crippen LogP contribution < -0.4 is 5.32 Å². The number of nitrogens with zero attached hydrogens (tertiary/aromatic N) is 12. The highest BCUT2D eigenvalue weighted by Crippen LogP contribution is 2.44. The molecule has 4 aromatic carbocycles. The minimum atomic E-state index is 0.0908. The highest BCUT2D eigenvalue weighted by molar-refractivity contribution is 7.08. The summed E-state index contributed by atoms with van der Waals surface area (Å²) in [6.45, 7) is 7.21. The monoisotopic (exact) mass is 1120 g/mol. The van der Waals surface area contributed by atoms with Crippen molar-refractivity contribution in [3.8, 4) is 44.5 Å². The maximum absolute atomic E-state index is 4.99. The normalized spacial score (nSPS) is 23.9. The number of nitrogens with one attached hydrogen (secondary N) is 1. The largest absolute Gasteiger partial charge is 0.366 e. The van der Waals surface area contributed by atoms with Crippen LogP contribution in [0.25, 0.3) is 44.5 Å². The van der Waals surface area contributed by atoms with Gasteiger partial charge in [0.25, 0.3) is 0 Å². The Morgan fingerprint density at radius 2 is 0.867 bits per heavy atom. The maximum Gasteiger partial charge on any atom is 0.115 e.